The molecule has 0 aliphatic carbocycles. The minimum atomic E-state index is 0.160. The molecule has 0 aliphatic rings. The monoisotopic (exact) mass is 286 g/mol. The smallest absolute Gasteiger partial charge is 0.258 e. The third-order valence-electron chi connectivity index (χ3n) is 2.96. The number of phenols is 1. The summed E-state index contributed by atoms with van der Waals surface area (Å²) >= 11 is 5.99. The van der Waals surface area contributed by atoms with E-state index in [2.05, 4.69) is 10.1 Å². The third-order valence-corrected chi connectivity index (χ3v) is 3.20. The van der Waals surface area contributed by atoms with Crippen LogP contribution in [0.1, 0.15) is 5.56 Å². The molecule has 0 aliphatic heterocycles. The van der Waals surface area contributed by atoms with Crippen molar-refractivity contribution in [1.29, 1.82) is 0 Å². The molecule has 1 heterocycles. The summed E-state index contributed by atoms with van der Waals surface area (Å²) in [7, 11) is 0. The van der Waals surface area contributed by atoms with Crippen molar-refractivity contribution in [1.82, 2.24) is 10.1 Å². The molecule has 0 atom stereocenters. The first-order chi connectivity index (χ1) is 9.63. The van der Waals surface area contributed by atoms with E-state index >= 15 is 0 Å². The number of halogens is 1. The fourth-order valence-corrected chi connectivity index (χ4v) is 2.09. The number of nitrogens with zero attached hydrogens (tertiary/aromatic N) is 2. The lowest BCUT2D eigenvalue weighted by atomic mass is 10.1. The Morgan fingerprint density at radius 2 is 2.00 bits per heavy atom. The van der Waals surface area contributed by atoms with Crippen molar-refractivity contribution in [3.63, 3.8) is 0 Å². The number of aromatic nitrogens is 2. The molecule has 0 saturated carbocycles. The molecule has 0 unspecified atom stereocenters. The van der Waals surface area contributed by atoms with E-state index in [1.807, 2.05) is 19.1 Å². The number of rotatable bonds is 2. The Morgan fingerprint density at radius 1 is 1.15 bits per heavy atom. The summed E-state index contributed by atoms with van der Waals surface area (Å²) in [5.41, 5.74) is 2.50. The Kier molecular flexibility index (Phi) is 3.16. The van der Waals surface area contributed by atoms with Crippen LogP contribution in [0.4, 0.5) is 0 Å². The molecule has 1 aromatic heterocycles. The number of benzene rings is 2. The van der Waals surface area contributed by atoms with Gasteiger partial charge in [-0.05, 0) is 36.8 Å². The minimum Gasteiger partial charge on any atom is -0.508 e. The molecular formula is C15H11ClN2O2. The standard InChI is InChI=1S/C15H11ClN2O2/c1-9-5-6-11(16)8-13(9)15-17-14(18-20-15)10-3-2-4-12(19)7-10/h2-8,19H,1H3. The summed E-state index contributed by atoms with van der Waals surface area (Å²) in [4.78, 5) is 4.35. The van der Waals surface area contributed by atoms with E-state index in [0.29, 0.717) is 22.3 Å². The molecule has 5 heteroatoms. The molecule has 2 aromatic carbocycles. The zero-order chi connectivity index (χ0) is 14.1. The summed E-state index contributed by atoms with van der Waals surface area (Å²) in [6.45, 7) is 1.95. The number of aryl methyl sites for hydroxylation is 1. The molecule has 1 N–H and O–H groups in total. The van der Waals surface area contributed by atoms with Gasteiger partial charge in [-0.25, -0.2) is 0 Å². The Morgan fingerprint density at radius 3 is 2.80 bits per heavy atom. The topological polar surface area (TPSA) is 59.2 Å². The lowest BCUT2D eigenvalue weighted by Crippen LogP contribution is -1.84. The van der Waals surface area contributed by atoms with Crippen molar-refractivity contribution in [3.8, 4) is 28.6 Å². The van der Waals surface area contributed by atoms with Crippen LogP contribution in [-0.2, 0) is 0 Å². The van der Waals surface area contributed by atoms with Crippen molar-refractivity contribution in [2.24, 2.45) is 0 Å². The van der Waals surface area contributed by atoms with Crippen LogP contribution in [0.5, 0.6) is 5.75 Å². The van der Waals surface area contributed by atoms with Gasteiger partial charge in [0.15, 0.2) is 0 Å². The van der Waals surface area contributed by atoms with Crippen molar-refractivity contribution in [2.45, 2.75) is 6.92 Å². The first-order valence-corrected chi connectivity index (χ1v) is 6.41. The van der Waals surface area contributed by atoms with Gasteiger partial charge in [-0.15, -0.1) is 0 Å². The Hall–Kier alpha value is -2.33. The van der Waals surface area contributed by atoms with Gasteiger partial charge in [0.1, 0.15) is 5.75 Å². The average Bonchev–Trinajstić information content (AvgIpc) is 2.91. The lowest BCUT2D eigenvalue weighted by Gasteiger charge is -2.00. The van der Waals surface area contributed by atoms with E-state index in [1.165, 1.54) is 0 Å². The molecule has 3 aromatic rings. The highest BCUT2D eigenvalue weighted by molar-refractivity contribution is 6.30. The maximum Gasteiger partial charge on any atom is 0.258 e. The highest BCUT2D eigenvalue weighted by Gasteiger charge is 2.13. The molecule has 0 saturated heterocycles. The lowest BCUT2D eigenvalue weighted by molar-refractivity contribution is 0.432. The van der Waals surface area contributed by atoms with Gasteiger partial charge in [-0.2, -0.15) is 4.98 Å². The highest BCUT2D eigenvalue weighted by Crippen LogP contribution is 2.28. The van der Waals surface area contributed by atoms with Gasteiger partial charge in [0.2, 0.25) is 5.82 Å². The van der Waals surface area contributed by atoms with E-state index in [1.54, 1.807) is 30.3 Å². The fourth-order valence-electron chi connectivity index (χ4n) is 1.92. The third kappa shape index (κ3) is 2.38. The van der Waals surface area contributed by atoms with E-state index in [9.17, 15) is 5.11 Å². The first kappa shape index (κ1) is 12.7. The minimum absolute atomic E-state index is 0.160. The summed E-state index contributed by atoms with van der Waals surface area (Å²) in [5.74, 6) is 0.992. The second kappa shape index (κ2) is 4.98. The average molecular weight is 287 g/mol. The maximum atomic E-state index is 9.48. The molecule has 100 valence electrons. The molecule has 3 rings (SSSR count). The summed E-state index contributed by atoms with van der Waals surface area (Å²) < 4.78 is 5.28. The summed E-state index contributed by atoms with van der Waals surface area (Å²) in [5, 5.41) is 14.0. The fraction of sp³-hybridized carbons (Fsp3) is 0.0667. The molecule has 0 spiro atoms. The number of aromatic hydroxyl groups is 1. The summed E-state index contributed by atoms with van der Waals surface area (Å²) in [6.07, 6.45) is 0. The molecular weight excluding hydrogens is 276 g/mol. The van der Waals surface area contributed by atoms with Crippen LogP contribution in [-0.4, -0.2) is 15.2 Å². The van der Waals surface area contributed by atoms with Crippen LogP contribution in [0.3, 0.4) is 0 Å². The van der Waals surface area contributed by atoms with Crippen LogP contribution in [0, 0.1) is 6.92 Å². The molecule has 4 nitrogen and oxygen atoms in total. The van der Waals surface area contributed by atoms with Crippen LogP contribution >= 0.6 is 11.6 Å². The predicted octanol–water partition coefficient (Wildman–Crippen LogP) is 4.07. The van der Waals surface area contributed by atoms with Crippen LogP contribution in [0.2, 0.25) is 5.02 Å². The van der Waals surface area contributed by atoms with E-state index < -0.39 is 0 Å². The Balaban J connectivity index is 2.04. The van der Waals surface area contributed by atoms with Crippen molar-refractivity contribution in [2.75, 3.05) is 0 Å². The molecule has 0 fully saturated rings. The Bertz CT molecular complexity index is 768. The quantitative estimate of drug-likeness (QED) is 0.771. The van der Waals surface area contributed by atoms with Gasteiger partial charge in [0.05, 0.1) is 0 Å². The summed E-state index contributed by atoms with van der Waals surface area (Å²) in [6, 6.07) is 12.2. The molecule has 0 amide bonds. The van der Waals surface area contributed by atoms with E-state index in [4.69, 9.17) is 16.1 Å². The van der Waals surface area contributed by atoms with Crippen molar-refractivity contribution < 1.29 is 9.63 Å². The van der Waals surface area contributed by atoms with Crippen molar-refractivity contribution in [3.05, 3.63) is 53.1 Å². The van der Waals surface area contributed by atoms with Gasteiger partial charge >= 0.3 is 0 Å². The van der Waals surface area contributed by atoms with Gasteiger partial charge in [0, 0.05) is 16.1 Å². The normalized spacial score (nSPS) is 10.7. The second-order valence-electron chi connectivity index (χ2n) is 4.43. The van der Waals surface area contributed by atoms with E-state index in [-0.39, 0.29) is 5.75 Å². The number of hydrogen-bond donors (Lipinski definition) is 1. The predicted molar refractivity (Wildman–Crippen MR) is 76.6 cm³/mol. The maximum absolute atomic E-state index is 9.48. The SMILES string of the molecule is Cc1ccc(Cl)cc1-c1nc(-c2cccc(O)c2)no1. The zero-order valence-corrected chi connectivity index (χ0v) is 11.4. The highest BCUT2D eigenvalue weighted by atomic mass is 35.5. The molecule has 20 heavy (non-hydrogen) atoms. The van der Waals surface area contributed by atoms with Crippen LogP contribution < -0.4 is 0 Å². The van der Waals surface area contributed by atoms with Crippen LogP contribution in [0.15, 0.2) is 47.0 Å². The Labute approximate surface area is 120 Å². The van der Waals surface area contributed by atoms with Crippen LogP contribution in [0.25, 0.3) is 22.8 Å². The number of phenolic OH excluding ortho intramolecular Hbond substituents is 1. The molecule has 0 radical (unpaired) electrons. The van der Waals surface area contributed by atoms with Gasteiger partial charge in [-0.1, -0.05) is 35.0 Å². The number of hydrogen-bond acceptors (Lipinski definition) is 4. The van der Waals surface area contributed by atoms with Crippen molar-refractivity contribution >= 4 is 11.6 Å². The zero-order valence-electron chi connectivity index (χ0n) is 10.7. The van der Waals surface area contributed by atoms with E-state index in [0.717, 1.165) is 11.1 Å². The second-order valence-corrected chi connectivity index (χ2v) is 4.87. The largest absolute Gasteiger partial charge is 0.508 e. The van der Waals surface area contributed by atoms with Gasteiger partial charge in [0.25, 0.3) is 5.89 Å². The van der Waals surface area contributed by atoms with Gasteiger partial charge in [-0.3, -0.25) is 0 Å². The first-order valence-electron chi connectivity index (χ1n) is 6.03. The van der Waals surface area contributed by atoms with Gasteiger partial charge < -0.3 is 9.63 Å². The molecule has 0 bridgehead atoms.